The van der Waals surface area contributed by atoms with Gasteiger partial charge in [0.2, 0.25) is 0 Å². The summed E-state index contributed by atoms with van der Waals surface area (Å²) in [4.78, 5) is 7.02. The van der Waals surface area contributed by atoms with Crippen molar-refractivity contribution in [2.24, 2.45) is 0 Å². The van der Waals surface area contributed by atoms with Crippen LogP contribution in [0.4, 0.5) is 25.8 Å². The van der Waals surface area contributed by atoms with Crippen molar-refractivity contribution in [2.45, 2.75) is 31.0 Å². The zero-order valence-corrected chi connectivity index (χ0v) is 25.9. The van der Waals surface area contributed by atoms with Crippen molar-refractivity contribution in [1.82, 2.24) is 24.9 Å². The Kier molecular flexibility index (Phi) is 8.44. The monoisotopic (exact) mass is 660 g/mol. The summed E-state index contributed by atoms with van der Waals surface area (Å²) < 4.78 is 36.4. The second kappa shape index (κ2) is 12.8. The first-order chi connectivity index (χ1) is 22.4. The number of hydrogen-bond acceptors (Lipinski definition) is 8. The number of nitrogens with zero attached hydrogens (tertiary/aromatic N) is 6. The predicted octanol–water partition coefficient (Wildman–Crippen LogP) is 7.26. The number of nitrogens with one attached hydrogen (secondary N) is 2. The standard InChI is InChI=1S/C33H28Cl2F2N8O/c34-21-3-1-19(2-4-21)32(30-16-45(43-42-30)24-7-9-44(10-8-24)25-17-46-18-25)41-29-12-22(36)11-26-31(20(14-38)15-39-33(26)29)40-23-5-6-28(37)27(35)13-23/h1-6,11-13,15-16,24-25,32,41H,7-10,17-18H2,(H,39,40)/t32-/m0/s1. The Bertz CT molecular complexity index is 1940. The van der Waals surface area contributed by atoms with Gasteiger partial charge in [0.1, 0.15) is 23.4 Å². The zero-order chi connectivity index (χ0) is 31.8. The summed E-state index contributed by atoms with van der Waals surface area (Å²) in [6, 6.07) is 16.4. The van der Waals surface area contributed by atoms with E-state index in [1.807, 2.05) is 23.0 Å². The van der Waals surface area contributed by atoms with Crippen molar-refractivity contribution >= 4 is 51.2 Å². The molecule has 2 saturated heterocycles. The molecule has 2 aromatic heterocycles. The Morgan fingerprint density at radius 3 is 2.48 bits per heavy atom. The number of aromatic nitrogens is 4. The Balaban J connectivity index is 1.23. The molecular formula is C33H28Cl2F2N8O. The molecule has 3 aromatic carbocycles. The van der Waals surface area contributed by atoms with E-state index in [9.17, 15) is 9.65 Å². The minimum atomic E-state index is -0.579. The van der Waals surface area contributed by atoms with Crippen molar-refractivity contribution in [3.8, 4) is 6.07 Å². The fourth-order valence-electron chi connectivity index (χ4n) is 6.00. The lowest BCUT2D eigenvalue weighted by molar-refractivity contribution is -0.0734. The van der Waals surface area contributed by atoms with Crippen molar-refractivity contribution in [3.05, 3.63) is 105 Å². The number of fused-ring (bicyclic) bond motifs is 1. The highest BCUT2D eigenvalue weighted by molar-refractivity contribution is 6.31. The average Bonchev–Trinajstić information content (AvgIpc) is 3.52. The van der Waals surface area contributed by atoms with Gasteiger partial charge in [-0.2, -0.15) is 5.26 Å². The number of hydrogen-bond donors (Lipinski definition) is 2. The molecule has 46 heavy (non-hydrogen) atoms. The molecule has 0 amide bonds. The first kappa shape index (κ1) is 30.3. The average molecular weight is 662 g/mol. The van der Waals surface area contributed by atoms with Crippen LogP contribution in [0.1, 0.15) is 41.7 Å². The van der Waals surface area contributed by atoms with Crippen LogP contribution in [0.25, 0.3) is 10.9 Å². The SMILES string of the molecule is N#Cc1cnc2c(N[C@@H](c3ccc(Cl)cc3)c3cn(C4CCN(C5COC5)CC4)nn3)cc(F)cc2c1Nc1ccc(F)c(Cl)c1. The fraction of sp³-hybridized carbons (Fsp3) is 0.273. The van der Waals surface area contributed by atoms with E-state index in [2.05, 4.69) is 36.9 Å². The molecule has 0 radical (unpaired) electrons. The number of nitriles is 1. The van der Waals surface area contributed by atoms with Crippen LogP contribution in [0, 0.1) is 23.0 Å². The second-order valence-electron chi connectivity index (χ2n) is 11.5. The van der Waals surface area contributed by atoms with Crippen molar-refractivity contribution in [2.75, 3.05) is 36.9 Å². The van der Waals surface area contributed by atoms with Gasteiger partial charge < -0.3 is 15.4 Å². The molecule has 7 rings (SSSR count). The number of rotatable bonds is 8. The Morgan fingerprint density at radius 1 is 1.00 bits per heavy atom. The van der Waals surface area contributed by atoms with Gasteiger partial charge in [-0.15, -0.1) is 5.10 Å². The number of benzene rings is 3. The van der Waals surface area contributed by atoms with Crippen LogP contribution in [0.15, 0.2) is 67.0 Å². The maximum atomic E-state index is 15.3. The first-order valence-corrected chi connectivity index (χ1v) is 15.6. The maximum absolute atomic E-state index is 15.3. The molecule has 0 aliphatic carbocycles. The summed E-state index contributed by atoms with van der Waals surface area (Å²) >= 11 is 12.2. The van der Waals surface area contributed by atoms with Crippen LogP contribution in [0.5, 0.6) is 0 Å². The highest BCUT2D eigenvalue weighted by Gasteiger charge is 2.31. The molecular weight excluding hydrogens is 633 g/mol. The van der Waals surface area contributed by atoms with Gasteiger partial charge in [-0.3, -0.25) is 9.88 Å². The van der Waals surface area contributed by atoms with Gasteiger partial charge in [-0.25, -0.2) is 13.5 Å². The lowest BCUT2D eigenvalue weighted by Gasteiger charge is -2.41. The first-order valence-electron chi connectivity index (χ1n) is 14.9. The van der Waals surface area contributed by atoms with Crippen LogP contribution >= 0.6 is 23.2 Å². The molecule has 0 spiro atoms. The minimum Gasteiger partial charge on any atom is -0.378 e. The summed E-state index contributed by atoms with van der Waals surface area (Å²) in [6.07, 6.45) is 5.25. The molecule has 2 aliphatic rings. The zero-order valence-electron chi connectivity index (χ0n) is 24.4. The Morgan fingerprint density at radius 2 is 1.78 bits per heavy atom. The van der Waals surface area contributed by atoms with Gasteiger partial charge >= 0.3 is 0 Å². The van der Waals surface area contributed by atoms with Crippen LogP contribution < -0.4 is 10.6 Å². The predicted molar refractivity (Wildman–Crippen MR) is 172 cm³/mol. The van der Waals surface area contributed by atoms with E-state index in [-0.39, 0.29) is 16.6 Å². The van der Waals surface area contributed by atoms with E-state index in [1.54, 1.807) is 12.1 Å². The third-order valence-corrected chi connectivity index (χ3v) is 9.12. The van der Waals surface area contributed by atoms with Crippen molar-refractivity contribution < 1.29 is 13.5 Å². The molecule has 0 saturated carbocycles. The van der Waals surface area contributed by atoms with E-state index in [0.29, 0.717) is 44.7 Å². The minimum absolute atomic E-state index is 0.0900. The Labute approximate surface area is 273 Å². The van der Waals surface area contributed by atoms with Gasteiger partial charge in [-0.1, -0.05) is 40.5 Å². The van der Waals surface area contributed by atoms with Gasteiger partial charge in [0.25, 0.3) is 0 Å². The smallest absolute Gasteiger partial charge is 0.141 e. The van der Waals surface area contributed by atoms with Crippen LogP contribution in [-0.4, -0.2) is 57.2 Å². The molecule has 0 bridgehead atoms. The molecule has 2 fully saturated rings. The normalized spacial score (nSPS) is 16.6. The van der Waals surface area contributed by atoms with Crippen molar-refractivity contribution in [3.63, 3.8) is 0 Å². The third-order valence-electron chi connectivity index (χ3n) is 8.58. The molecule has 4 heterocycles. The van der Waals surface area contributed by atoms with Crippen LogP contribution in [-0.2, 0) is 4.74 Å². The van der Waals surface area contributed by atoms with E-state index in [0.717, 1.165) is 44.7 Å². The van der Waals surface area contributed by atoms with Gasteiger partial charge in [0.15, 0.2) is 0 Å². The molecule has 0 unspecified atom stereocenters. The maximum Gasteiger partial charge on any atom is 0.141 e. The lowest BCUT2D eigenvalue weighted by Crippen LogP contribution is -2.51. The number of anilines is 3. The van der Waals surface area contributed by atoms with E-state index >= 15 is 4.39 Å². The van der Waals surface area contributed by atoms with E-state index in [4.69, 9.17) is 27.9 Å². The quantitative estimate of drug-likeness (QED) is 0.179. The van der Waals surface area contributed by atoms with Crippen LogP contribution in [0.2, 0.25) is 10.0 Å². The van der Waals surface area contributed by atoms with Crippen LogP contribution in [0.3, 0.4) is 0 Å². The summed E-state index contributed by atoms with van der Waals surface area (Å²) in [5.41, 5.74) is 3.19. The lowest BCUT2D eigenvalue weighted by atomic mass is 10.0. The summed E-state index contributed by atoms with van der Waals surface area (Å²) in [5.74, 6) is -1.13. The number of pyridine rings is 1. The molecule has 234 valence electrons. The highest BCUT2D eigenvalue weighted by Crippen LogP contribution is 2.37. The number of ether oxygens (including phenoxy) is 1. The molecule has 5 aromatic rings. The van der Waals surface area contributed by atoms with Gasteiger partial charge in [0.05, 0.1) is 65.0 Å². The Hall–Kier alpha value is -4.34. The fourth-order valence-corrected chi connectivity index (χ4v) is 6.31. The van der Waals surface area contributed by atoms with Crippen molar-refractivity contribution in [1.29, 1.82) is 5.26 Å². The highest BCUT2D eigenvalue weighted by atomic mass is 35.5. The van der Waals surface area contributed by atoms with E-state index in [1.165, 1.54) is 36.5 Å². The topological polar surface area (TPSA) is 104 Å². The summed E-state index contributed by atoms with van der Waals surface area (Å²) in [5, 5.41) is 26.3. The molecule has 2 aliphatic heterocycles. The van der Waals surface area contributed by atoms with Gasteiger partial charge in [0, 0.05) is 35.4 Å². The third kappa shape index (κ3) is 6.09. The summed E-state index contributed by atoms with van der Waals surface area (Å²) in [6.45, 7) is 3.54. The largest absolute Gasteiger partial charge is 0.378 e. The number of likely N-dealkylation sites (tertiary alicyclic amines) is 1. The molecule has 2 N–H and O–H groups in total. The van der Waals surface area contributed by atoms with E-state index < -0.39 is 17.7 Å². The number of piperidine rings is 1. The molecule has 1 atom stereocenters. The molecule has 13 heteroatoms. The molecule has 9 nitrogen and oxygen atoms in total. The second-order valence-corrected chi connectivity index (χ2v) is 12.3. The number of halogens is 4. The summed E-state index contributed by atoms with van der Waals surface area (Å²) in [7, 11) is 0. The van der Waals surface area contributed by atoms with Gasteiger partial charge in [-0.05, 0) is 60.9 Å².